The lowest BCUT2D eigenvalue weighted by Crippen LogP contribution is -2.14. The van der Waals surface area contributed by atoms with E-state index in [0.29, 0.717) is 17.6 Å². The molecule has 0 saturated carbocycles. The van der Waals surface area contributed by atoms with E-state index in [1.54, 1.807) is 0 Å². The summed E-state index contributed by atoms with van der Waals surface area (Å²) in [4.78, 5) is 16.3. The van der Waals surface area contributed by atoms with Crippen molar-refractivity contribution in [2.45, 2.75) is 19.3 Å². The van der Waals surface area contributed by atoms with E-state index in [1.807, 2.05) is 18.2 Å². The minimum absolute atomic E-state index is 0.172. The molecule has 3 heterocycles. The molecule has 0 amide bonds. The Kier molecular flexibility index (Phi) is 8.18. The molecule has 0 N–H and O–H groups in total. The summed E-state index contributed by atoms with van der Waals surface area (Å²) in [7, 11) is 0. The van der Waals surface area contributed by atoms with Gasteiger partial charge in [0, 0.05) is 43.8 Å². The van der Waals surface area contributed by atoms with Crippen LogP contribution in [-0.2, 0) is 5.41 Å². The molecule has 9 aromatic carbocycles. The molecule has 13 rings (SSSR count). The third-order valence-corrected chi connectivity index (χ3v) is 13.6. The summed E-state index contributed by atoms with van der Waals surface area (Å²) in [6.45, 7) is 4.63. The van der Waals surface area contributed by atoms with Crippen molar-refractivity contribution in [3.05, 3.63) is 223 Å². The van der Waals surface area contributed by atoms with Gasteiger partial charge in [-0.25, -0.2) is 4.98 Å². The predicted molar refractivity (Wildman–Crippen MR) is 268 cm³/mol. The topological polar surface area (TPSA) is 48.5 Å². The first-order valence-electron chi connectivity index (χ1n) is 22.3. The van der Waals surface area contributed by atoms with Crippen molar-refractivity contribution in [1.29, 1.82) is 0 Å². The number of hydrogen-bond donors (Lipinski definition) is 0. The van der Waals surface area contributed by atoms with Crippen molar-refractivity contribution < 1.29 is 0 Å². The summed E-state index contributed by atoms with van der Waals surface area (Å²) < 4.78 is 4.72. The highest BCUT2D eigenvalue weighted by molar-refractivity contribution is 6.23. The van der Waals surface area contributed by atoms with E-state index < -0.39 is 0 Å². The van der Waals surface area contributed by atoms with Crippen LogP contribution in [0.3, 0.4) is 0 Å². The second kappa shape index (κ2) is 14.3. The van der Waals surface area contributed by atoms with E-state index in [2.05, 4.69) is 217 Å². The normalized spacial score (nSPS) is 12.9. The van der Waals surface area contributed by atoms with Gasteiger partial charge in [0.05, 0.1) is 22.1 Å². The van der Waals surface area contributed by atoms with Crippen LogP contribution in [0.15, 0.2) is 212 Å². The van der Waals surface area contributed by atoms with Crippen LogP contribution in [0.4, 0.5) is 0 Å². The molecule has 1 aliphatic rings. The Labute approximate surface area is 376 Å². The Hall–Kier alpha value is -8.41. The van der Waals surface area contributed by atoms with Crippen molar-refractivity contribution >= 4 is 43.6 Å². The quantitative estimate of drug-likeness (QED) is 0.168. The Morgan fingerprint density at radius 1 is 0.354 bits per heavy atom. The molecular weight excluding hydrogens is 791 g/mol. The molecule has 0 bridgehead atoms. The number of hydrogen-bond acceptors (Lipinski definition) is 3. The van der Waals surface area contributed by atoms with Gasteiger partial charge >= 0.3 is 0 Å². The average Bonchev–Trinajstić information content (AvgIpc) is 3.98. The Balaban J connectivity index is 1.09. The van der Waals surface area contributed by atoms with Crippen molar-refractivity contribution in [2.24, 2.45) is 0 Å². The van der Waals surface area contributed by atoms with Crippen LogP contribution in [0.5, 0.6) is 0 Å². The molecule has 3 aromatic heterocycles. The van der Waals surface area contributed by atoms with Crippen LogP contribution in [0.25, 0.3) is 111 Å². The van der Waals surface area contributed by atoms with Crippen LogP contribution >= 0.6 is 0 Å². The zero-order valence-corrected chi connectivity index (χ0v) is 35.9. The first-order valence-corrected chi connectivity index (χ1v) is 22.3. The Morgan fingerprint density at radius 3 is 1.58 bits per heavy atom. The average molecular weight is 832 g/mol. The third kappa shape index (κ3) is 5.68. The largest absolute Gasteiger partial charge is 0.307 e. The maximum atomic E-state index is 5.55. The fraction of sp³-hybridized carbons (Fsp3) is 0.0500. The summed E-state index contributed by atoms with van der Waals surface area (Å²) in [5.41, 5.74) is 16.8. The molecule has 5 heteroatoms. The molecule has 65 heavy (non-hydrogen) atoms. The van der Waals surface area contributed by atoms with Gasteiger partial charge in [0.25, 0.3) is 0 Å². The van der Waals surface area contributed by atoms with Gasteiger partial charge in [-0.3, -0.25) is 4.57 Å². The van der Waals surface area contributed by atoms with Crippen molar-refractivity contribution in [2.75, 3.05) is 0 Å². The van der Waals surface area contributed by atoms with Crippen molar-refractivity contribution in [3.8, 4) is 67.8 Å². The monoisotopic (exact) mass is 831 g/mol. The van der Waals surface area contributed by atoms with Crippen molar-refractivity contribution in [1.82, 2.24) is 24.1 Å². The van der Waals surface area contributed by atoms with Gasteiger partial charge in [0.1, 0.15) is 0 Å². The van der Waals surface area contributed by atoms with E-state index in [1.165, 1.54) is 38.8 Å². The molecule has 1 aliphatic carbocycles. The Bertz CT molecular complexity index is 3840. The molecule has 306 valence electrons. The molecule has 12 aromatic rings. The molecule has 5 nitrogen and oxygen atoms in total. The van der Waals surface area contributed by atoms with E-state index in [-0.39, 0.29) is 5.41 Å². The second-order valence-corrected chi connectivity index (χ2v) is 17.6. The number of para-hydroxylation sites is 2. The van der Waals surface area contributed by atoms with Crippen molar-refractivity contribution in [3.63, 3.8) is 0 Å². The highest BCUT2D eigenvalue weighted by Crippen LogP contribution is 2.52. The number of aromatic nitrogens is 5. The molecule has 0 saturated heterocycles. The van der Waals surface area contributed by atoms with Gasteiger partial charge < -0.3 is 4.57 Å². The fourth-order valence-corrected chi connectivity index (χ4v) is 10.5. The third-order valence-electron chi connectivity index (χ3n) is 13.6. The maximum absolute atomic E-state index is 5.55. The molecule has 0 radical (unpaired) electrons. The zero-order valence-electron chi connectivity index (χ0n) is 35.9. The van der Waals surface area contributed by atoms with Crippen LogP contribution < -0.4 is 0 Å². The highest BCUT2D eigenvalue weighted by atomic mass is 15.2. The lowest BCUT2D eigenvalue weighted by Gasteiger charge is -2.21. The predicted octanol–water partition coefficient (Wildman–Crippen LogP) is 15.0. The second-order valence-electron chi connectivity index (χ2n) is 17.6. The van der Waals surface area contributed by atoms with Gasteiger partial charge in [-0.15, -0.1) is 0 Å². The molecule has 0 unspecified atom stereocenters. The van der Waals surface area contributed by atoms with Gasteiger partial charge in [-0.05, 0) is 68.8 Å². The highest BCUT2D eigenvalue weighted by Gasteiger charge is 2.37. The maximum Gasteiger partial charge on any atom is 0.238 e. The van der Waals surface area contributed by atoms with Crippen LogP contribution in [0.2, 0.25) is 0 Å². The summed E-state index contributed by atoms with van der Waals surface area (Å²) >= 11 is 0. The zero-order chi connectivity index (χ0) is 43.2. The molecule has 0 atom stereocenters. The van der Waals surface area contributed by atoms with Gasteiger partial charge in [0.15, 0.2) is 11.6 Å². The Morgan fingerprint density at radius 2 is 0.862 bits per heavy atom. The molecule has 0 spiro atoms. The number of fused-ring (bicyclic) bond motifs is 10. The lowest BCUT2D eigenvalue weighted by atomic mass is 9.82. The summed E-state index contributed by atoms with van der Waals surface area (Å²) in [5.74, 6) is 1.83. The van der Waals surface area contributed by atoms with Gasteiger partial charge in [-0.1, -0.05) is 202 Å². The SMILES string of the molecule is CC1(C)c2ccccc2-c2c(-c3nc(-c4ccccc4)nc(-n4c5ccccc5c5ccc6c7ccccc7n(-c7cccc(-c8ccc(-c9ccccc9)cc8)c7)c6c54)n3)cccc21. The number of nitrogens with zero attached hydrogens (tertiary/aromatic N) is 5. The molecule has 0 aliphatic heterocycles. The minimum atomic E-state index is -0.172. The lowest BCUT2D eigenvalue weighted by molar-refractivity contribution is 0.660. The van der Waals surface area contributed by atoms with Crippen LogP contribution in [0.1, 0.15) is 25.0 Å². The number of benzene rings is 9. The van der Waals surface area contributed by atoms with E-state index in [9.17, 15) is 0 Å². The summed E-state index contributed by atoms with van der Waals surface area (Å²) in [5, 5.41) is 4.60. The summed E-state index contributed by atoms with van der Waals surface area (Å²) in [6.07, 6.45) is 0. The smallest absolute Gasteiger partial charge is 0.238 e. The molecule has 0 fully saturated rings. The number of rotatable bonds is 6. The van der Waals surface area contributed by atoms with Gasteiger partial charge in [-0.2, -0.15) is 9.97 Å². The van der Waals surface area contributed by atoms with E-state index in [4.69, 9.17) is 15.0 Å². The van der Waals surface area contributed by atoms with Gasteiger partial charge in [0.2, 0.25) is 5.95 Å². The first kappa shape index (κ1) is 37.2. The van der Waals surface area contributed by atoms with E-state index >= 15 is 0 Å². The standard InChI is InChI=1S/C60H41N5/c1-60(2)50-27-12-9-25-48(50)54-49(26-16-28-51(54)60)58-61-57(41-19-7-4-8-20-41)62-59(63-58)65-53-30-14-11-24-45(53)47-36-35-46-44-23-10-13-29-52(44)64(55(46)56(47)65)43-22-15-21-42(37-43)40-33-31-39(32-34-40)38-17-5-3-6-18-38/h3-37H,1-2H3. The minimum Gasteiger partial charge on any atom is -0.307 e. The van der Waals surface area contributed by atoms with Crippen LogP contribution in [0, 0.1) is 0 Å². The van der Waals surface area contributed by atoms with Crippen LogP contribution in [-0.4, -0.2) is 24.1 Å². The van der Waals surface area contributed by atoms with E-state index in [0.717, 1.165) is 66.2 Å². The summed E-state index contributed by atoms with van der Waals surface area (Å²) in [6, 6.07) is 76.0. The first-order chi connectivity index (χ1) is 32.0. The molecular formula is C60H41N5. The fourth-order valence-electron chi connectivity index (χ4n) is 10.5.